The van der Waals surface area contributed by atoms with E-state index in [1.807, 2.05) is 0 Å². The van der Waals surface area contributed by atoms with E-state index in [4.69, 9.17) is 4.74 Å². The van der Waals surface area contributed by atoms with Gasteiger partial charge in [0.25, 0.3) is 0 Å². The fourth-order valence-electron chi connectivity index (χ4n) is 2.39. The van der Waals surface area contributed by atoms with Crippen LogP contribution in [-0.2, 0) is 6.18 Å². The van der Waals surface area contributed by atoms with Crippen LogP contribution in [0.3, 0.4) is 0 Å². The van der Waals surface area contributed by atoms with Gasteiger partial charge in [0.1, 0.15) is 12.4 Å². The highest BCUT2D eigenvalue weighted by atomic mass is 19.4. The highest BCUT2D eigenvalue weighted by Gasteiger charge is 2.31. The van der Waals surface area contributed by atoms with Crippen LogP contribution in [0, 0.1) is 0 Å². The van der Waals surface area contributed by atoms with Crippen molar-refractivity contribution in [3.8, 4) is 5.75 Å². The molecule has 5 nitrogen and oxygen atoms in total. The first-order chi connectivity index (χ1) is 11.5. The van der Waals surface area contributed by atoms with Crippen molar-refractivity contribution < 1.29 is 27.8 Å². The smallest absolute Gasteiger partial charge is 0.416 e. The van der Waals surface area contributed by atoms with E-state index < -0.39 is 23.4 Å². The first kappa shape index (κ1) is 18.8. The van der Waals surface area contributed by atoms with Crippen LogP contribution in [-0.4, -0.2) is 39.8 Å². The second-order valence-electron chi connectivity index (χ2n) is 6.49. The summed E-state index contributed by atoms with van der Waals surface area (Å²) in [5, 5.41) is 9.68. The number of alkyl halides is 3. The number of nitrogens with zero attached hydrogens (tertiary/aromatic N) is 2. The lowest BCUT2D eigenvalue weighted by Gasteiger charge is -2.33. The van der Waals surface area contributed by atoms with Gasteiger partial charge >= 0.3 is 12.3 Å². The number of halogens is 3. The highest BCUT2D eigenvalue weighted by Crippen LogP contribution is 2.33. The Balaban J connectivity index is 2.18. The zero-order chi connectivity index (χ0) is 18.8. The van der Waals surface area contributed by atoms with Gasteiger partial charge in [-0.15, -0.1) is 0 Å². The normalized spacial score (nSPS) is 12.2. The van der Waals surface area contributed by atoms with Gasteiger partial charge in [0.05, 0.1) is 17.6 Å². The van der Waals surface area contributed by atoms with Crippen molar-refractivity contribution >= 4 is 17.0 Å². The Morgan fingerprint density at radius 2 is 1.92 bits per heavy atom. The van der Waals surface area contributed by atoms with Gasteiger partial charge < -0.3 is 14.7 Å². The molecule has 1 aromatic carbocycles. The third-order valence-electron chi connectivity index (χ3n) is 3.64. The summed E-state index contributed by atoms with van der Waals surface area (Å²) in [6, 6.07) is 4.77. The quantitative estimate of drug-likeness (QED) is 0.881. The topological polar surface area (TPSA) is 62.7 Å². The Hall–Kier alpha value is -2.51. The minimum Gasteiger partial charge on any atom is -0.491 e. The predicted molar refractivity (Wildman–Crippen MR) is 86.7 cm³/mol. The summed E-state index contributed by atoms with van der Waals surface area (Å²) >= 11 is 0. The van der Waals surface area contributed by atoms with Gasteiger partial charge in [0.15, 0.2) is 0 Å². The molecule has 0 saturated heterocycles. The number of fused-ring (bicyclic) bond motifs is 1. The molecule has 0 aliphatic carbocycles. The lowest BCUT2D eigenvalue weighted by atomic mass is 10.1. The number of amides is 1. The molecule has 0 fully saturated rings. The van der Waals surface area contributed by atoms with Gasteiger partial charge in [-0.3, -0.25) is 4.98 Å². The van der Waals surface area contributed by atoms with Crippen LogP contribution >= 0.6 is 0 Å². The number of carboxylic acid groups (broad SMARTS) is 1. The Morgan fingerprint density at radius 1 is 1.24 bits per heavy atom. The third kappa shape index (κ3) is 4.52. The van der Waals surface area contributed by atoms with Crippen molar-refractivity contribution in [3.63, 3.8) is 0 Å². The molecule has 2 rings (SSSR count). The molecule has 0 bridgehead atoms. The number of carbonyl (C=O) groups is 1. The molecular formula is C17H19F3N2O3. The van der Waals surface area contributed by atoms with Gasteiger partial charge in [0, 0.05) is 17.1 Å². The summed E-state index contributed by atoms with van der Waals surface area (Å²) in [6.07, 6.45) is -4.15. The molecule has 1 aromatic heterocycles. The largest absolute Gasteiger partial charge is 0.491 e. The van der Waals surface area contributed by atoms with E-state index in [1.165, 1.54) is 23.2 Å². The summed E-state index contributed by atoms with van der Waals surface area (Å²) in [5.74, 6) is 0.359. The second kappa shape index (κ2) is 6.78. The standard InChI is InChI=1S/C17H19F3N2O3/c1-16(2,3)22(15(23)24)8-9-25-14-6-7-21-13-10-11(17(18,19)20)4-5-12(13)14/h4-7,10H,8-9H2,1-3H3,(H,23,24). The molecule has 1 amide bonds. The van der Waals surface area contributed by atoms with Gasteiger partial charge in [-0.25, -0.2) is 4.79 Å². The summed E-state index contributed by atoms with van der Waals surface area (Å²) in [5.41, 5.74) is -1.20. The van der Waals surface area contributed by atoms with Crippen LogP contribution in [0.25, 0.3) is 10.9 Å². The zero-order valence-corrected chi connectivity index (χ0v) is 14.1. The van der Waals surface area contributed by atoms with Crippen molar-refractivity contribution in [1.29, 1.82) is 0 Å². The molecule has 1 heterocycles. The molecule has 136 valence electrons. The minimum atomic E-state index is -4.44. The Morgan fingerprint density at radius 3 is 2.48 bits per heavy atom. The molecule has 0 spiro atoms. The molecule has 1 N–H and O–H groups in total. The van der Waals surface area contributed by atoms with Crippen molar-refractivity contribution in [3.05, 3.63) is 36.0 Å². The number of aromatic nitrogens is 1. The minimum absolute atomic E-state index is 0.0731. The molecule has 2 aromatic rings. The molecule has 0 saturated carbocycles. The maximum absolute atomic E-state index is 12.8. The number of hydrogen-bond acceptors (Lipinski definition) is 3. The van der Waals surface area contributed by atoms with E-state index in [2.05, 4.69) is 4.98 Å². The van der Waals surface area contributed by atoms with Crippen molar-refractivity contribution in [1.82, 2.24) is 9.88 Å². The Labute approximate surface area is 143 Å². The number of pyridine rings is 1. The van der Waals surface area contributed by atoms with Gasteiger partial charge in [0.2, 0.25) is 0 Å². The van der Waals surface area contributed by atoms with E-state index in [1.54, 1.807) is 20.8 Å². The van der Waals surface area contributed by atoms with E-state index >= 15 is 0 Å². The Bertz CT molecular complexity index is 770. The monoisotopic (exact) mass is 356 g/mol. The van der Waals surface area contributed by atoms with Gasteiger partial charge in [-0.05, 0) is 45.0 Å². The van der Waals surface area contributed by atoms with Crippen LogP contribution in [0.1, 0.15) is 26.3 Å². The summed E-state index contributed by atoms with van der Waals surface area (Å²) in [7, 11) is 0. The number of hydrogen-bond donors (Lipinski definition) is 1. The van der Waals surface area contributed by atoms with E-state index in [0.717, 1.165) is 12.1 Å². The molecular weight excluding hydrogens is 337 g/mol. The van der Waals surface area contributed by atoms with Crippen LogP contribution in [0.2, 0.25) is 0 Å². The average molecular weight is 356 g/mol. The third-order valence-corrected chi connectivity index (χ3v) is 3.64. The number of ether oxygens (including phenoxy) is 1. The molecule has 0 aliphatic rings. The van der Waals surface area contributed by atoms with E-state index in [9.17, 15) is 23.1 Å². The second-order valence-corrected chi connectivity index (χ2v) is 6.49. The lowest BCUT2D eigenvalue weighted by molar-refractivity contribution is -0.137. The molecule has 25 heavy (non-hydrogen) atoms. The Kier molecular flexibility index (Phi) is 5.10. The summed E-state index contributed by atoms with van der Waals surface area (Å²) in [4.78, 5) is 16.5. The first-order valence-electron chi connectivity index (χ1n) is 7.59. The first-order valence-corrected chi connectivity index (χ1v) is 7.59. The van der Waals surface area contributed by atoms with Crippen molar-refractivity contribution in [2.45, 2.75) is 32.5 Å². The van der Waals surface area contributed by atoms with Crippen LogP contribution in [0.5, 0.6) is 5.75 Å². The van der Waals surface area contributed by atoms with Crippen LogP contribution in [0.15, 0.2) is 30.5 Å². The van der Waals surface area contributed by atoms with Gasteiger partial charge in [-0.2, -0.15) is 13.2 Å². The molecule has 0 atom stereocenters. The lowest BCUT2D eigenvalue weighted by Crippen LogP contribution is -2.46. The molecule has 8 heteroatoms. The number of rotatable bonds is 4. The molecule has 0 aliphatic heterocycles. The fourth-order valence-corrected chi connectivity index (χ4v) is 2.39. The zero-order valence-electron chi connectivity index (χ0n) is 14.1. The molecule has 0 unspecified atom stereocenters. The fraction of sp³-hybridized carbons (Fsp3) is 0.412. The van der Waals surface area contributed by atoms with Crippen molar-refractivity contribution in [2.75, 3.05) is 13.2 Å². The number of benzene rings is 1. The van der Waals surface area contributed by atoms with Crippen molar-refractivity contribution in [2.24, 2.45) is 0 Å². The highest BCUT2D eigenvalue weighted by molar-refractivity contribution is 5.85. The SMILES string of the molecule is CC(C)(C)N(CCOc1ccnc2cc(C(F)(F)F)ccc12)C(=O)O. The van der Waals surface area contributed by atoms with Gasteiger partial charge in [-0.1, -0.05) is 0 Å². The van der Waals surface area contributed by atoms with Crippen LogP contribution in [0.4, 0.5) is 18.0 Å². The summed E-state index contributed by atoms with van der Waals surface area (Å²) < 4.78 is 43.9. The maximum Gasteiger partial charge on any atom is 0.416 e. The molecule has 0 radical (unpaired) electrons. The summed E-state index contributed by atoms with van der Waals surface area (Å²) in [6.45, 7) is 5.50. The maximum atomic E-state index is 12.8. The average Bonchev–Trinajstić information content (AvgIpc) is 2.48. The van der Waals surface area contributed by atoms with E-state index in [-0.39, 0.29) is 18.7 Å². The van der Waals surface area contributed by atoms with E-state index in [0.29, 0.717) is 11.1 Å². The predicted octanol–water partition coefficient (Wildman–Crippen LogP) is 4.41. The van der Waals surface area contributed by atoms with Crippen LogP contribution < -0.4 is 4.74 Å².